The van der Waals surface area contributed by atoms with Gasteiger partial charge in [-0.1, -0.05) is 6.08 Å². The van der Waals surface area contributed by atoms with Gasteiger partial charge >= 0.3 is 5.82 Å². The van der Waals surface area contributed by atoms with Gasteiger partial charge in [0.2, 0.25) is 0 Å². The van der Waals surface area contributed by atoms with E-state index in [2.05, 4.69) is 9.97 Å². The van der Waals surface area contributed by atoms with Crippen LogP contribution < -0.4 is 0 Å². The Morgan fingerprint density at radius 2 is 2.43 bits per heavy atom. The van der Waals surface area contributed by atoms with Crippen molar-refractivity contribution in [1.29, 1.82) is 0 Å². The first-order valence-electron chi connectivity index (χ1n) is 4.13. The molecule has 0 amide bonds. The molecule has 1 aromatic rings. The molecule has 6 heteroatoms. The van der Waals surface area contributed by atoms with Crippen molar-refractivity contribution in [2.45, 2.75) is 13.3 Å². The van der Waals surface area contributed by atoms with Gasteiger partial charge in [-0.2, -0.15) is 0 Å². The van der Waals surface area contributed by atoms with Gasteiger partial charge in [-0.25, -0.2) is 9.97 Å². The fraction of sp³-hybridized carbons (Fsp3) is 0.375. The minimum atomic E-state index is -0.515. The zero-order valence-electron chi connectivity index (χ0n) is 7.73. The number of aryl methyl sites for hydroxylation is 1. The largest absolute Gasteiger partial charge is 0.396 e. The summed E-state index contributed by atoms with van der Waals surface area (Å²) >= 11 is 0. The predicted octanol–water partition coefficient (Wildman–Crippen LogP) is 1.02. The molecule has 2 N–H and O–H groups in total. The first kappa shape index (κ1) is 10.4. The van der Waals surface area contributed by atoms with Crippen molar-refractivity contribution in [3.8, 4) is 0 Å². The Balaban J connectivity index is 2.89. The molecule has 0 spiro atoms. The SMILES string of the molecule is Cc1nc(C=CCCO)c([N+](=O)[O-])[nH]1. The zero-order chi connectivity index (χ0) is 10.6. The molecule has 1 rings (SSSR count). The number of hydrogen-bond acceptors (Lipinski definition) is 4. The third-order valence-electron chi connectivity index (χ3n) is 1.58. The Hall–Kier alpha value is -1.69. The van der Waals surface area contributed by atoms with Crippen LogP contribution in [0.1, 0.15) is 17.9 Å². The predicted molar refractivity (Wildman–Crippen MR) is 50.7 cm³/mol. The molecule has 6 nitrogen and oxygen atoms in total. The maximum absolute atomic E-state index is 10.5. The van der Waals surface area contributed by atoms with Crippen LogP contribution in [-0.2, 0) is 0 Å². The molecule has 1 aromatic heterocycles. The highest BCUT2D eigenvalue weighted by Crippen LogP contribution is 2.16. The molecule has 0 aliphatic rings. The van der Waals surface area contributed by atoms with Crippen LogP contribution in [0.4, 0.5) is 5.82 Å². The number of aromatic nitrogens is 2. The van der Waals surface area contributed by atoms with Crippen molar-refractivity contribution in [3.05, 3.63) is 27.7 Å². The summed E-state index contributed by atoms with van der Waals surface area (Å²) in [6.45, 7) is 1.67. The van der Waals surface area contributed by atoms with E-state index in [1.807, 2.05) is 0 Å². The lowest BCUT2D eigenvalue weighted by Gasteiger charge is -1.90. The molecule has 0 radical (unpaired) electrons. The number of imidazole rings is 1. The summed E-state index contributed by atoms with van der Waals surface area (Å²) in [5.41, 5.74) is 0.293. The van der Waals surface area contributed by atoms with Gasteiger partial charge < -0.3 is 15.2 Å². The number of aliphatic hydroxyl groups is 1. The molecular formula is C8H11N3O3. The van der Waals surface area contributed by atoms with E-state index in [9.17, 15) is 10.1 Å². The zero-order valence-corrected chi connectivity index (χ0v) is 7.73. The molecule has 0 aliphatic carbocycles. The normalized spacial score (nSPS) is 11.0. The second-order valence-corrected chi connectivity index (χ2v) is 2.73. The molecule has 0 unspecified atom stereocenters. The highest BCUT2D eigenvalue weighted by Gasteiger charge is 2.14. The summed E-state index contributed by atoms with van der Waals surface area (Å²) < 4.78 is 0. The Morgan fingerprint density at radius 1 is 1.71 bits per heavy atom. The van der Waals surface area contributed by atoms with E-state index in [1.54, 1.807) is 13.0 Å². The first-order valence-corrected chi connectivity index (χ1v) is 4.13. The van der Waals surface area contributed by atoms with Gasteiger partial charge in [-0.15, -0.1) is 0 Å². The van der Waals surface area contributed by atoms with Crippen LogP contribution in [0.25, 0.3) is 6.08 Å². The number of nitrogens with zero attached hydrogens (tertiary/aromatic N) is 2. The van der Waals surface area contributed by atoms with Gasteiger partial charge in [-0.3, -0.25) is 0 Å². The lowest BCUT2D eigenvalue weighted by molar-refractivity contribution is -0.389. The van der Waals surface area contributed by atoms with E-state index in [-0.39, 0.29) is 12.4 Å². The third kappa shape index (κ3) is 2.40. The lowest BCUT2D eigenvalue weighted by Crippen LogP contribution is -1.90. The maximum atomic E-state index is 10.5. The number of rotatable bonds is 4. The minimum absolute atomic E-state index is 0.0215. The number of hydrogen-bond donors (Lipinski definition) is 2. The van der Waals surface area contributed by atoms with E-state index in [0.29, 0.717) is 17.9 Å². The van der Waals surface area contributed by atoms with E-state index >= 15 is 0 Å². The molecule has 0 saturated heterocycles. The molecule has 0 saturated carbocycles. The molecule has 0 bridgehead atoms. The fourth-order valence-electron chi connectivity index (χ4n) is 1.02. The van der Waals surface area contributed by atoms with E-state index in [1.165, 1.54) is 6.08 Å². The molecule has 14 heavy (non-hydrogen) atoms. The molecule has 1 heterocycles. The maximum Gasteiger partial charge on any atom is 0.348 e. The van der Waals surface area contributed by atoms with Crippen molar-refractivity contribution in [3.63, 3.8) is 0 Å². The quantitative estimate of drug-likeness (QED) is 0.556. The van der Waals surface area contributed by atoms with Gasteiger partial charge in [0.05, 0.1) is 0 Å². The summed E-state index contributed by atoms with van der Waals surface area (Å²) in [6, 6.07) is 0. The number of nitrogens with one attached hydrogen (secondary N) is 1. The van der Waals surface area contributed by atoms with Crippen LogP contribution in [0, 0.1) is 17.0 Å². The van der Waals surface area contributed by atoms with Crippen molar-refractivity contribution in [1.82, 2.24) is 9.97 Å². The number of aromatic amines is 1. The Bertz CT molecular complexity index is 357. The van der Waals surface area contributed by atoms with Crippen molar-refractivity contribution in [2.75, 3.05) is 6.61 Å². The summed E-state index contributed by atoms with van der Waals surface area (Å²) in [7, 11) is 0. The molecular weight excluding hydrogens is 186 g/mol. The van der Waals surface area contributed by atoms with E-state index in [0.717, 1.165) is 0 Å². The van der Waals surface area contributed by atoms with Crippen LogP contribution in [0.5, 0.6) is 0 Å². The van der Waals surface area contributed by atoms with Gasteiger partial charge in [0, 0.05) is 13.5 Å². The van der Waals surface area contributed by atoms with Gasteiger partial charge in [0.25, 0.3) is 0 Å². The van der Waals surface area contributed by atoms with Crippen molar-refractivity contribution in [2.24, 2.45) is 0 Å². The Labute approximate surface area is 80.4 Å². The van der Waals surface area contributed by atoms with Gasteiger partial charge in [0.15, 0.2) is 11.5 Å². The fourth-order valence-corrected chi connectivity index (χ4v) is 1.02. The minimum Gasteiger partial charge on any atom is -0.396 e. The van der Waals surface area contributed by atoms with Crippen LogP contribution in [0.3, 0.4) is 0 Å². The summed E-state index contributed by atoms with van der Waals surface area (Å²) in [5, 5.41) is 19.0. The standard InChI is InChI=1S/C8H11N3O3/c1-6-9-7(4-2-3-5-12)8(10-6)11(13)14/h2,4,12H,3,5H2,1H3,(H,9,10). The molecule has 0 atom stereocenters. The first-order chi connectivity index (χ1) is 6.65. The Kier molecular flexibility index (Phi) is 3.35. The summed E-state index contributed by atoms with van der Waals surface area (Å²) in [5.74, 6) is 0.386. The van der Waals surface area contributed by atoms with Crippen LogP contribution >= 0.6 is 0 Å². The second kappa shape index (κ2) is 4.52. The molecule has 76 valence electrons. The van der Waals surface area contributed by atoms with Crippen molar-refractivity contribution >= 4 is 11.9 Å². The Morgan fingerprint density at radius 3 is 3.00 bits per heavy atom. The average molecular weight is 197 g/mol. The number of nitro groups is 1. The highest BCUT2D eigenvalue weighted by molar-refractivity contribution is 5.54. The average Bonchev–Trinajstić information content (AvgIpc) is 2.47. The molecule has 0 fully saturated rings. The number of H-pyrrole nitrogens is 1. The summed E-state index contributed by atoms with van der Waals surface area (Å²) in [4.78, 5) is 16.5. The lowest BCUT2D eigenvalue weighted by atomic mass is 10.3. The van der Waals surface area contributed by atoms with E-state index < -0.39 is 4.92 Å². The van der Waals surface area contributed by atoms with Crippen LogP contribution in [0.15, 0.2) is 6.08 Å². The van der Waals surface area contributed by atoms with Gasteiger partial charge in [0.1, 0.15) is 0 Å². The molecule has 0 aromatic carbocycles. The van der Waals surface area contributed by atoms with Crippen LogP contribution in [0.2, 0.25) is 0 Å². The monoisotopic (exact) mass is 197 g/mol. The highest BCUT2D eigenvalue weighted by atomic mass is 16.6. The molecule has 0 aliphatic heterocycles. The van der Waals surface area contributed by atoms with Crippen molar-refractivity contribution < 1.29 is 10.0 Å². The number of aliphatic hydroxyl groups excluding tert-OH is 1. The smallest absolute Gasteiger partial charge is 0.348 e. The van der Waals surface area contributed by atoms with Crippen LogP contribution in [-0.4, -0.2) is 26.6 Å². The summed E-state index contributed by atoms with van der Waals surface area (Å²) in [6.07, 6.45) is 3.63. The second-order valence-electron chi connectivity index (χ2n) is 2.73. The topological polar surface area (TPSA) is 92.1 Å². The van der Waals surface area contributed by atoms with E-state index in [4.69, 9.17) is 5.11 Å². The third-order valence-corrected chi connectivity index (χ3v) is 1.58. The van der Waals surface area contributed by atoms with Gasteiger partial charge in [-0.05, 0) is 17.4 Å².